The second-order valence-corrected chi connectivity index (χ2v) is 8.82. The van der Waals surface area contributed by atoms with Gasteiger partial charge in [-0.1, -0.05) is 55.9 Å². The van der Waals surface area contributed by atoms with E-state index in [-0.39, 0.29) is 11.9 Å². The van der Waals surface area contributed by atoms with Crippen LogP contribution in [0.15, 0.2) is 59.8 Å². The van der Waals surface area contributed by atoms with Gasteiger partial charge in [0.1, 0.15) is 5.75 Å². The summed E-state index contributed by atoms with van der Waals surface area (Å²) in [4.78, 5) is 12.1. The first-order valence-electron chi connectivity index (χ1n) is 10.6. The summed E-state index contributed by atoms with van der Waals surface area (Å²) in [6.45, 7) is 6.26. The van der Waals surface area contributed by atoms with Gasteiger partial charge in [-0.25, -0.2) is 0 Å². The van der Waals surface area contributed by atoms with Crippen molar-refractivity contribution in [2.45, 2.75) is 44.8 Å². The zero-order chi connectivity index (χ0) is 22.2. The average molecular weight is 439 g/mol. The van der Waals surface area contributed by atoms with Crippen molar-refractivity contribution in [2.24, 2.45) is 5.92 Å². The van der Waals surface area contributed by atoms with Gasteiger partial charge >= 0.3 is 0 Å². The molecule has 0 spiro atoms. The molecule has 7 heteroatoms. The number of nitrogens with zero attached hydrogens (tertiary/aromatic N) is 3. The molecule has 3 rings (SSSR count). The van der Waals surface area contributed by atoms with E-state index in [2.05, 4.69) is 33.9 Å². The Morgan fingerprint density at radius 3 is 2.58 bits per heavy atom. The van der Waals surface area contributed by atoms with Crippen molar-refractivity contribution in [3.8, 4) is 22.8 Å². The van der Waals surface area contributed by atoms with Gasteiger partial charge in [-0.15, -0.1) is 10.2 Å². The molecule has 0 fully saturated rings. The van der Waals surface area contributed by atoms with Gasteiger partial charge < -0.3 is 10.1 Å². The molecule has 0 radical (unpaired) electrons. The lowest BCUT2D eigenvalue weighted by Crippen LogP contribution is -2.35. The van der Waals surface area contributed by atoms with E-state index < -0.39 is 0 Å². The molecular weight excluding hydrogens is 408 g/mol. The van der Waals surface area contributed by atoms with Crippen molar-refractivity contribution in [3.05, 3.63) is 54.6 Å². The standard InChI is InChI=1S/C24H30N4O2S/c1-17(2)18(3)25-22(29)14-9-15-31-24-27-26-23(19-10-8-13-21(16-19)30-4)28(24)20-11-6-5-7-12-20/h5-8,10-13,16-18H,9,14-15H2,1-4H3,(H,25,29). The van der Waals surface area contributed by atoms with E-state index in [0.29, 0.717) is 12.3 Å². The summed E-state index contributed by atoms with van der Waals surface area (Å²) in [6, 6.07) is 18.1. The van der Waals surface area contributed by atoms with Gasteiger partial charge in [-0.3, -0.25) is 9.36 Å². The molecule has 0 aliphatic rings. The fraction of sp³-hybridized carbons (Fsp3) is 0.375. The summed E-state index contributed by atoms with van der Waals surface area (Å²) in [6.07, 6.45) is 1.28. The predicted molar refractivity (Wildman–Crippen MR) is 126 cm³/mol. The highest BCUT2D eigenvalue weighted by Gasteiger charge is 2.17. The second-order valence-electron chi connectivity index (χ2n) is 7.76. The van der Waals surface area contributed by atoms with Crippen molar-refractivity contribution in [2.75, 3.05) is 12.9 Å². The zero-order valence-corrected chi connectivity index (χ0v) is 19.4. The summed E-state index contributed by atoms with van der Waals surface area (Å²) in [5, 5.41) is 12.8. The Balaban J connectivity index is 1.74. The number of carbonyl (C=O) groups is 1. The fourth-order valence-electron chi connectivity index (χ4n) is 3.01. The van der Waals surface area contributed by atoms with Crippen LogP contribution in [0.3, 0.4) is 0 Å². The third-order valence-electron chi connectivity index (χ3n) is 5.14. The van der Waals surface area contributed by atoms with E-state index in [1.807, 2.05) is 61.5 Å². The third-order valence-corrected chi connectivity index (χ3v) is 6.16. The number of aromatic nitrogens is 3. The molecule has 1 amide bonds. The minimum atomic E-state index is 0.100. The molecule has 31 heavy (non-hydrogen) atoms. The third kappa shape index (κ3) is 6.10. The van der Waals surface area contributed by atoms with Crippen LogP contribution in [0.5, 0.6) is 5.75 Å². The maximum Gasteiger partial charge on any atom is 0.220 e. The minimum absolute atomic E-state index is 0.100. The lowest BCUT2D eigenvalue weighted by molar-refractivity contribution is -0.121. The summed E-state index contributed by atoms with van der Waals surface area (Å²) in [7, 11) is 1.65. The van der Waals surface area contributed by atoms with Crippen molar-refractivity contribution in [1.82, 2.24) is 20.1 Å². The fourth-order valence-corrected chi connectivity index (χ4v) is 3.90. The van der Waals surface area contributed by atoms with Gasteiger partial charge in [0, 0.05) is 29.5 Å². The number of hydrogen-bond acceptors (Lipinski definition) is 5. The summed E-state index contributed by atoms with van der Waals surface area (Å²) in [5.41, 5.74) is 1.93. The lowest BCUT2D eigenvalue weighted by atomic mass is 10.1. The van der Waals surface area contributed by atoms with Crippen LogP contribution in [-0.2, 0) is 4.79 Å². The molecule has 1 atom stereocenters. The Morgan fingerprint density at radius 2 is 1.87 bits per heavy atom. The molecule has 1 aromatic heterocycles. The van der Waals surface area contributed by atoms with E-state index in [1.165, 1.54) is 0 Å². The molecule has 2 aromatic carbocycles. The van der Waals surface area contributed by atoms with Gasteiger partial charge in [0.05, 0.1) is 7.11 Å². The second kappa shape index (κ2) is 11.0. The van der Waals surface area contributed by atoms with Gasteiger partial charge in [0.25, 0.3) is 0 Å². The first kappa shape index (κ1) is 22.9. The highest BCUT2D eigenvalue weighted by atomic mass is 32.2. The quantitative estimate of drug-likeness (QED) is 0.357. The van der Waals surface area contributed by atoms with Crippen molar-refractivity contribution < 1.29 is 9.53 Å². The maximum absolute atomic E-state index is 12.1. The molecule has 3 aromatic rings. The normalized spacial score (nSPS) is 12.0. The van der Waals surface area contributed by atoms with Crippen LogP contribution in [0, 0.1) is 5.92 Å². The number of para-hydroxylation sites is 1. The average Bonchev–Trinajstić information content (AvgIpc) is 3.21. The Bertz CT molecular complexity index is 988. The van der Waals surface area contributed by atoms with E-state index in [9.17, 15) is 4.79 Å². The highest BCUT2D eigenvalue weighted by Crippen LogP contribution is 2.30. The number of thioether (sulfide) groups is 1. The number of benzene rings is 2. The van der Waals surface area contributed by atoms with Crippen LogP contribution < -0.4 is 10.1 Å². The number of nitrogens with one attached hydrogen (secondary N) is 1. The van der Waals surface area contributed by atoms with Gasteiger partial charge in [0.15, 0.2) is 11.0 Å². The SMILES string of the molecule is COc1cccc(-c2nnc(SCCCC(=O)NC(C)C(C)C)n2-c2ccccc2)c1. The van der Waals surface area contributed by atoms with Crippen molar-refractivity contribution >= 4 is 17.7 Å². The molecule has 0 bridgehead atoms. The Kier molecular flexibility index (Phi) is 8.12. The minimum Gasteiger partial charge on any atom is -0.497 e. The molecule has 0 saturated heterocycles. The topological polar surface area (TPSA) is 69.0 Å². The number of hydrogen-bond donors (Lipinski definition) is 1. The molecule has 164 valence electrons. The van der Waals surface area contributed by atoms with Crippen LogP contribution in [0.4, 0.5) is 0 Å². The number of rotatable bonds is 10. The summed E-state index contributed by atoms with van der Waals surface area (Å²) in [5.74, 6) is 2.85. The van der Waals surface area contributed by atoms with Gasteiger partial charge in [-0.05, 0) is 43.5 Å². The molecule has 6 nitrogen and oxygen atoms in total. The summed E-state index contributed by atoms with van der Waals surface area (Å²) >= 11 is 1.61. The van der Waals surface area contributed by atoms with Crippen molar-refractivity contribution in [3.63, 3.8) is 0 Å². The van der Waals surface area contributed by atoms with E-state index in [0.717, 1.165) is 40.2 Å². The maximum atomic E-state index is 12.1. The molecule has 1 heterocycles. The number of methoxy groups -OCH3 is 1. The predicted octanol–water partition coefficient (Wildman–Crippen LogP) is 4.98. The molecule has 0 aliphatic heterocycles. The summed E-state index contributed by atoms with van der Waals surface area (Å²) < 4.78 is 7.43. The number of carbonyl (C=O) groups excluding carboxylic acids is 1. The van der Waals surface area contributed by atoms with Crippen LogP contribution >= 0.6 is 11.8 Å². The van der Waals surface area contributed by atoms with Crippen molar-refractivity contribution in [1.29, 1.82) is 0 Å². The van der Waals surface area contributed by atoms with E-state index in [4.69, 9.17) is 4.74 Å². The van der Waals surface area contributed by atoms with Crippen LogP contribution in [-0.4, -0.2) is 39.6 Å². The van der Waals surface area contributed by atoms with Gasteiger partial charge in [-0.2, -0.15) is 0 Å². The highest BCUT2D eigenvalue weighted by molar-refractivity contribution is 7.99. The first-order chi connectivity index (χ1) is 15.0. The molecular formula is C24H30N4O2S. The Morgan fingerprint density at radius 1 is 1.10 bits per heavy atom. The smallest absolute Gasteiger partial charge is 0.220 e. The zero-order valence-electron chi connectivity index (χ0n) is 18.5. The van der Waals surface area contributed by atoms with Crippen LogP contribution in [0.1, 0.15) is 33.6 Å². The molecule has 1 N–H and O–H groups in total. The number of ether oxygens (including phenoxy) is 1. The molecule has 1 unspecified atom stereocenters. The Labute approximate surface area is 188 Å². The lowest BCUT2D eigenvalue weighted by Gasteiger charge is -2.17. The molecule has 0 saturated carbocycles. The number of amides is 1. The van der Waals surface area contributed by atoms with Crippen LogP contribution in [0.25, 0.3) is 17.1 Å². The van der Waals surface area contributed by atoms with E-state index in [1.54, 1.807) is 18.9 Å². The van der Waals surface area contributed by atoms with Crippen LogP contribution in [0.2, 0.25) is 0 Å². The largest absolute Gasteiger partial charge is 0.497 e. The first-order valence-corrected chi connectivity index (χ1v) is 11.6. The monoisotopic (exact) mass is 438 g/mol. The van der Waals surface area contributed by atoms with Gasteiger partial charge in [0.2, 0.25) is 5.91 Å². The van der Waals surface area contributed by atoms with E-state index >= 15 is 0 Å². The Hall–Kier alpha value is -2.80. The molecule has 0 aliphatic carbocycles.